The smallest absolute Gasteiger partial charge is 0.325 e. The summed E-state index contributed by atoms with van der Waals surface area (Å²) in [6, 6.07) is 0. The molecule has 0 saturated heterocycles. The molecule has 0 aliphatic heterocycles. The first-order valence-corrected chi connectivity index (χ1v) is 8.19. The third-order valence-electron chi connectivity index (χ3n) is 5.37. The quantitative estimate of drug-likeness (QED) is 0.469. The molecule has 0 N–H and O–H groups in total. The Morgan fingerprint density at radius 2 is 0.474 bits per heavy atom. The zero-order valence-electron chi connectivity index (χ0n) is 15.1. The summed E-state index contributed by atoms with van der Waals surface area (Å²) in [5.41, 5.74) is 0. The zero-order valence-corrected chi connectivity index (χ0v) is 15.1. The normalized spacial score (nSPS) is 11.4. The van der Waals surface area contributed by atoms with Gasteiger partial charge in [-0.15, -0.1) is 0 Å². The molecule has 0 radical (unpaired) electrons. The maximum atomic E-state index is 2.27. The van der Waals surface area contributed by atoms with Crippen molar-refractivity contribution in [1.29, 1.82) is 0 Å². The molecule has 0 aromatic heterocycles. The predicted octanol–water partition coefficient (Wildman–Crippen LogP) is 3.38. The number of quaternary nitrogens is 2. The average Bonchev–Trinajstić information content (AvgIpc) is 2.46. The van der Waals surface area contributed by atoms with E-state index in [1.165, 1.54) is 61.3 Å². The van der Waals surface area contributed by atoms with Crippen LogP contribution in [0.25, 0.3) is 0 Å². The standard InChI is InChI=1S/2C8H20N.B/c2*1-5-9(6-2,7-3)8-4;/h2*5-8H2,1-4H3;/q2*+1;+3. The molecule has 0 bridgehead atoms. The fraction of sp³-hybridized carbons (Fsp3) is 1.00. The molecule has 112 valence electrons. The van der Waals surface area contributed by atoms with Crippen LogP contribution in [0.4, 0.5) is 0 Å². The third kappa shape index (κ3) is 7.99. The molecule has 2 nitrogen and oxygen atoms in total. The molecule has 0 heterocycles. The Balaban J connectivity index is -0.000000256. The summed E-state index contributed by atoms with van der Waals surface area (Å²) < 4.78 is 2.56. The first kappa shape index (κ1) is 24.0. The first-order valence-electron chi connectivity index (χ1n) is 8.19. The van der Waals surface area contributed by atoms with E-state index < -0.39 is 0 Å². The molecular weight excluding hydrogens is 231 g/mol. The van der Waals surface area contributed by atoms with E-state index in [0.29, 0.717) is 0 Å². The van der Waals surface area contributed by atoms with Crippen molar-refractivity contribution in [1.82, 2.24) is 0 Å². The minimum atomic E-state index is 0. The summed E-state index contributed by atoms with van der Waals surface area (Å²) in [5.74, 6) is 0. The topological polar surface area (TPSA) is 0 Å². The van der Waals surface area contributed by atoms with E-state index >= 15 is 0 Å². The first-order chi connectivity index (χ1) is 8.49. The third-order valence-corrected chi connectivity index (χ3v) is 5.37. The molecule has 0 aliphatic carbocycles. The molecule has 0 unspecified atom stereocenters. The molecule has 0 spiro atoms. The molecule has 0 rings (SSSR count). The summed E-state index contributed by atoms with van der Waals surface area (Å²) in [7, 11) is 0. The SMILES string of the molecule is CC[N+](CC)(CC)CC.CC[N+](CC)(CC)CC.[B+3]. The van der Waals surface area contributed by atoms with Gasteiger partial charge in [0.15, 0.2) is 0 Å². The Bertz CT molecular complexity index is 121. The monoisotopic (exact) mass is 271 g/mol. The van der Waals surface area contributed by atoms with Crippen LogP contribution >= 0.6 is 0 Å². The Labute approximate surface area is 125 Å². The second-order valence-electron chi connectivity index (χ2n) is 5.21. The van der Waals surface area contributed by atoms with Gasteiger partial charge in [0.2, 0.25) is 0 Å². The van der Waals surface area contributed by atoms with Crippen molar-refractivity contribution in [2.24, 2.45) is 0 Å². The second-order valence-corrected chi connectivity index (χ2v) is 5.21. The minimum Gasteiger partial charge on any atom is -0.325 e. The van der Waals surface area contributed by atoms with Gasteiger partial charge in [-0.3, -0.25) is 0 Å². The molecule has 0 aromatic carbocycles. The fourth-order valence-electron chi connectivity index (χ4n) is 2.68. The van der Waals surface area contributed by atoms with Crippen LogP contribution in [0.3, 0.4) is 0 Å². The average molecular weight is 271 g/mol. The Hall–Kier alpha value is -0.0151. The molecule has 19 heavy (non-hydrogen) atoms. The largest absolute Gasteiger partial charge is 3.00 e. The molecule has 0 aromatic rings. The van der Waals surface area contributed by atoms with Crippen LogP contribution < -0.4 is 0 Å². The molecule has 0 aliphatic rings. The van der Waals surface area contributed by atoms with Gasteiger partial charge in [-0.05, 0) is 55.4 Å². The summed E-state index contributed by atoms with van der Waals surface area (Å²) in [5, 5.41) is 0. The van der Waals surface area contributed by atoms with Crippen molar-refractivity contribution < 1.29 is 8.97 Å². The van der Waals surface area contributed by atoms with E-state index in [1.807, 2.05) is 0 Å². The fourth-order valence-corrected chi connectivity index (χ4v) is 2.68. The molecular formula is C16H40BN2+5. The molecule has 0 fully saturated rings. The maximum Gasteiger partial charge on any atom is 3.00 e. The van der Waals surface area contributed by atoms with Gasteiger partial charge in [0.1, 0.15) is 0 Å². The summed E-state index contributed by atoms with van der Waals surface area (Å²) >= 11 is 0. The number of rotatable bonds is 8. The maximum absolute atomic E-state index is 2.27. The van der Waals surface area contributed by atoms with Crippen LogP contribution in [-0.2, 0) is 0 Å². The van der Waals surface area contributed by atoms with Crippen molar-refractivity contribution >= 4 is 8.41 Å². The van der Waals surface area contributed by atoms with Crippen LogP contribution in [0.5, 0.6) is 0 Å². The zero-order chi connectivity index (χ0) is 14.7. The van der Waals surface area contributed by atoms with E-state index in [9.17, 15) is 0 Å². The van der Waals surface area contributed by atoms with Gasteiger partial charge in [-0.25, -0.2) is 0 Å². The van der Waals surface area contributed by atoms with E-state index in [0.717, 1.165) is 0 Å². The van der Waals surface area contributed by atoms with Gasteiger partial charge in [-0.1, -0.05) is 0 Å². The van der Waals surface area contributed by atoms with Gasteiger partial charge < -0.3 is 8.97 Å². The van der Waals surface area contributed by atoms with E-state index in [2.05, 4.69) is 55.4 Å². The Kier molecular flexibility index (Phi) is 16.4. The molecule has 0 saturated carbocycles. The van der Waals surface area contributed by atoms with Gasteiger partial charge in [-0.2, -0.15) is 0 Å². The molecule has 3 heteroatoms. The van der Waals surface area contributed by atoms with Gasteiger partial charge >= 0.3 is 8.41 Å². The van der Waals surface area contributed by atoms with Crippen molar-refractivity contribution in [2.45, 2.75) is 55.4 Å². The van der Waals surface area contributed by atoms with Crippen LogP contribution in [0.1, 0.15) is 55.4 Å². The predicted molar refractivity (Wildman–Crippen MR) is 90.6 cm³/mol. The van der Waals surface area contributed by atoms with E-state index in [1.54, 1.807) is 0 Å². The van der Waals surface area contributed by atoms with Crippen molar-refractivity contribution in [3.05, 3.63) is 0 Å². The second kappa shape index (κ2) is 13.0. The Morgan fingerprint density at radius 1 is 0.368 bits per heavy atom. The number of hydrogen-bond donors (Lipinski definition) is 0. The Morgan fingerprint density at radius 3 is 0.474 bits per heavy atom. The number of hydrogen-bond acceptors (Lipinski definition) is 0. The van der Waals surface area contributed by atoms with Gasteiger partial charge in [0, 0.05) is 0 Å². The van der Waals surface area contributed by atoms with Crippen LogP contribution in [-0.4, -0.2) is 69.7 Å². The molecule has 0 atom stereocenters. The van der Waals surface area contributed by atoms with Crippen molar-refractivity contribution in [3.8, 4) is 0 Å². The van der Waals surface area contributed by atoms with E-state index in [4.69, 9.17) is 0 Å². The summed E-state index contributed by atoms with van der Waals surface area (Å²) in [6.45, 7) is 28.4. The van der Waals surface area contributed by atoms with Crippen LogP contribution in [0.2, 0.25) is 0 Å². The van der Waals surface area contributed by atoms with Crippen LogP contribution in [0.15, 0.2) is 0 Å². The van der Waals surface area contributed by atoms with Crippen LogP contribution in [0, 0.1) is 0 Å². The molecule has 0 amide bonds. The van der Waals surface area contributed by atoms with Crippen molar-refractivity contribution in [3.63, 3.8) is 0 Å². The number of nitrogens with zero attached hydrogens (tertiary/aromatic N) is 2. The van der Waals surface area contributed by atoms with Crippen molar-refractivity contribution in [2.75, 3.05) is 52.4 Å². The minimum absolute atomic E-state index is 0. The van der Waals surface area contributed by atoms with Gasteiger partial charge in [0.05, 0.1) is 52.4 Å². The summed E-state index contributed by atoms with van der Waals surface area (Å²) in [4.78, 5) is 0. The van der Waals surface area contributed by atoms with Gasteiger partial charge in [0.25, 0.3) is 0 Å². The van der Waals surface area contributed by atoms with E-state index in [-0.39, 0.29) is 8.41 Å². The summed E-state index contributed by atoms with van der Waals surface area (Å²) in [6.07, 6.45) is 0.